The Hall–Kier alpha value is -1.13. The number of ether oxygens (including phenoxy) is 1. The minimum atomic E-state index is -0.379. The summed E-state index contributed by atoms with van der Waals surface area (Å²) < 4.78 is 18.3. The first-order valence-corrected chi connectivity index (χ1v) is 5.39. The quantitative estimate of drug-likeness (QED) is 0.805. The lowest BCUT2D eigenvalue weighted by molar-refractivity contribution is 0.384. The molecule has 1 rings (SSSR count). The first-order chi connectivity index (χ1) is 7.60. The van der Waals surface area contributed by atoms with Gasteiger partial charge in [-0.15, -0.1) is 0 Å². The fourth-order valence-electron chi connectivity index (χ4n) is 1.66. The van der Waals surface area contributed by atoms with Crippen molar-refractivity contribution in [2.75, 3.05) is 13.7 Å². The third kappa shape index (κ3) is 2.93. The van der Waals surface area contributed by atoms with Crippen LogP contribution in [0.1, 0.15) is 24.9 Å². The third-order valence-electron chi connectivity index (χ3n) is 2.80. The molecule has 0 aliphatic heterocycles. The SMILES string of the molecule is COc1ccc(C(N)C(C)CCN)cc1F. The third-order valence-corrected chi connectivity index (χ3v) is 2.80. The van der Waals surface area contributed by atoms with E-state index in [0.29, 0.717) is 6.54 Å². The van der Waals surface area contributed by atoms with Crippen LogP contribution in [0.25, 0.3) is 0 Å². The fraction of sp³-hybridized carbons (Fsp3) is 0.500. The van der Waals surface area contributed by atoms with E-state index in [9.17, 15) is 4.39 Å². The number of hydrogen-bond acceptors (Lipinski definition) is 3. The second kappa shape index (κ2) is 5.82. The summed E-state index contributed by atoms with van der Waals surface area (Å²) in [5, 5.41) is 0. The average molecular weight is 226 g/mol. The van der Waals surface area contributed by atoms with Gasteiger partial charge >= 0.3 is 0 Å². The first-order valence-electron chi connectivity index (χ1n) is 5.39. The van der Waals surface area contributed by atoms with Crippen LogP contribution in [-0.4, -0.2) is 13.7 Å². The highest BCUT2D eigenvalue weighted by Gasteiger charge is 2.15. The minimum Gasteiger partial charge on any atom is -0.494 e. The molecule has 0 saturated carbocycles. The predicted molar refractivity (Wildman–Crippen MR) is 62.7 cm³/mol. The van der Waals surface area contributed by atoms with Gasteiger partial charge in [-0.25, -0.2) is 4.39 Å². The van der Waals surface area contributed by atoms with Crippen molar-refractivity contribution in [2.24, 2.45) is 17.4 Å². The summed E-state index contributed by atoms with van der Waals surface area (Å²) in [7, 11) is 1.44. The number of halogens is 1. The Morgan fingerprint density at radius 2 is 2.12 bits per heavy atom. The zero-order valence-electron chi connectivity index (χ0n) is 9.74. The van der Waals surface area contributed by atoms with Crippen LogP contribution in [-0.2, 0) is 0 Å². The minimum absolute atomic E-state index is 0.191. The first kappa shape index (κ1) is 12.9. The van der Waals surface area contributed by atoms with Gasteiger partial charge < -0.3 is 16.2 Å². The summed E-state index contributed by atoms with van der Waals surface area (Å²) in [6.07, 6.45) is 0.828. The van der Waals surface area contributed by atoms with Crippen LogP contribution in [0.15, 0.2) is 18.2 Å². The van der Waals surface area contributed by atoms with Crippen molar-refractivity contribution in [2.45, 2.75) is 19.4 Å². The lowest BCUT2D eigenvalue weighted by Crippen LogP contribution is -2.21. The maximum absolute atomic E-state index is 13.5. The largest absolute Gasteiger partial charge is 0.494 e. The van der Waals surface area contributed by atoms with E-state index in [2.05, 4.69) is 0 Å². The zero-order valence-corrected chi connectivity index (χ0v) is 9.74. The molecule has 3 nitrogen and oxygen atoms in total. The van der Waals surface area contributed by atoms with Gasteiger partial charge in [0.25, 0.3) is 0 Å². The Labute approximate surface area is 95.6 Å². The van der Waals surface area contributed by atoms with Gasteiger partial charge in [-0.1, -0.05) is 13.0 Å². The molecule has 4 N–H and O–H groups in total. The van der Waals surface area contributed by atoms with E-state index in [0.717, 1.165) is 12.0 Å². The van der Waals surface area contributed by atoms with Crippen molar-refractivity contribution >= 4 is 0 Å². The van der Waals surface area contributed by atoms with Gasteiger partial charge in [0.1, 0.15) is 0 Å². The topological polar surface area (TPSA) is 61.3 Å². The molecule has 90 valence electrons. The summed E-state index contributed by atoms with van der Waals surface area (Å²) in [6, 6.07) is 4.62. The van der Waals surface area contributed by atoms with Crippen LogP contribution in [0.4, 0.5) is 4.39 Å². The van der Waals surface area contributed by atoms with E-state index in [1.807, 2.05) is 6.92 Å². The lowest BCUT2D eigenvalue weighted by atomic mass is 9.92. The number of nitrogens with two attached hydrogens (primary N) is 2. The maximum atomic E-state index is 13.5. The number of benzene rings is 1. The highest BCUT2D eigenvalue weighted by molar-refractivity contribution is 5.31. The molecule has 2 unspecified atom stereocenters. The van der Waals surface area contributed by atoms with E-state index in [-0.39, 0.29) is 23.5 Å². The molecule has 2 atom stereocenters. The van der Waals surface area contributed by atoms with Crippen molar-refractivity contribution in [3.8, 4) is 5.75 Å². The average Bonchev–Trinajstić information content (AvgIpc) is 2.28. The predicted octanol–water partition coefficient (Wildman–Crippen LogP) is 1.82. The molecule has 0 saturated heterocycles. The van der Waals surface area contributed by atoms with Crippen molar-refractivity contribution in [3.05, 3.63) is 29.6 Å². The van der Waals surface area contributed by atoms with Crippen molar-refractivity contribution in [1.29, 1.82) is 0 Å². The van der Waals surface area contributed by atoms with Crippen molar-refractivity contribution in [3.63, 3.8) is 0 Å². The van der Waals surface area contributed by atoms with Gasteiger partial charge in [0.2, 0.25) is 0 Å². The second-order valence-corrected chi connectivity index (χ2v) is 3.97. The molecule has 0 heterocycles. The van der Waals surface area contributed by atoms with Crippen LogP contribution in [0.2, 0.25) is 0 Å². The van der Waals surface area contributed by atoms with E-state index < -0.39 is 0 Å². The number of hydrogen-bond donors (Lipinski definition) is 2. The van der Waals surface area contributed by atoms with Gasteiger partial charge in [-0.05, 0) is 36.6 Å². The Balaban J connectivity index is 2.84. The van der Waals surface area contributed by atoms with Crippen LogP contribution in [0, 0.1) is 11.7 Å². The zero-order chi connectivity index (χ0) is 12.1. The Morgan fingerprint density at radius 1 is 1.44 bits per heavy atom. The lowest BCUT2D eigenvalue weighted by Gasteiger charge is -2.20. The van der Waals surface area contributed by atoms with Gasteiger partial charge in [0.15, 0.2) is 11.6 Å². The molecule has 0 aliphatic carbocycles. The fourth-order valence-corrected chi connectivity index (χ4v) is 1.66. The highest BCUT2D eigenvalue weighted by atomic mass is 19.1. The van der Waals surface area contributed by atoms with Gasteiger partial charge in [-0.3, -0.25) is 0 Å². The summed E-state index contributed by atoms with van der Waals surface area (Å²) in [6.45, 7) is 2.60. The highest BCUT2D eigenvalue weighted by Crippen LogP contribution is 2.25. The van der Waals surface area contributed by atoms with Gasteiger partial charge in [-0.2, -0.15) is 0 Å². The normalized spacial score (nSPS) is 14.6. The molecule has 0 spiro atoms. The van der Waals surface area contributed by atoms with E-state index in [1.54, 1.807) is 12.1 Å². The van der Waals surface area contributed by atoms with E-state index >= 15 is 0 Å². The van der Waals surface area contributed by atoms with Gasteiger partial charge in [0, 0.05) is 6.04 Å². The Morgan fingerprint density at radius 3 is 2.62 bits per heavy atom. The van der Waals surface area contributed by atoms with Crippen LogP contribution in [0.5, 0.6) is 5.75 Å². The monoisotopic (exact) mass is 226 g/mol. The molecule has 1 aromatic rings. The molecular formula is C12H19FN2O. The molecule has 16 heavy (non-hydrogen) atoms. The van der Waals surface area contributed by atoms with Crippen molar-refractivity contribution < 1.29 is 9.13 Å². The summed E-state index contributed by atoms with van der Waals surface area (Å²) in [5.74, 6) is 0.0932. The number of rotatable bonds is 5. The molecule has 4 heteroatoms. The molecule has 0 amide bonds. The molecule has 0 aliphatic rings. The number of methoxy groups -OCH3 is 1. The van der Waals surface area contributed by atoms with E-state index in [4.69, 9.17) is 16.2 Å². The second-order valence-electron chi connectivity index (χ2n) is 3.97. The van der Waals surface area contributed by atoms with E-state index in [1.165, 1.54) is 13.2 Å². The van der Waals surface area contributed by atoms with Crippen molar-refractivity contribution in [1.82, 2.24) is 0 Å². The summed E-state index contributed by atoms with van der Waals surface area (Å²) >= 11 is 0. The molecule has 0 aromatic heterocycles. The van der Waals surface area contributed by atoms with Crippen LogP contribution < -0.4 is 16.2 Å². The van der Waals surface area contributed by atoms with Crippen LogP contribution in [0.3, 0.4) is 0 Å². The maximum Gasteiger partial charge on any atom is 0.165 e. The Kier molecular flexibility index (Phi) is 4.71. The van der Waals surface area contributed by atoms with Crippen LogP contribution >= 0.6 is 0 Å². The molecule has 0 radical (unpaired) electrons. The molecule has 0 fully saturated rings. The summed E-state index contributed by atoms with van der Waals surface area (Å²) in [5.41, 5.74) is 12.3. The van der Waals surface area contributed by atoms with Gasteiger partial charge in [0.05, 0.1) is 7.11 Å². The molecule has 0 bridgehead atoms. The molecule has 1 aromatic carbocycles. The summed E-state index contributed by atoms with van der Waals surface area (Å²) in [4.78, 5) is 0. The Bertz CT molecular complexity index is 344. The standard InChI is InChI=1S/C12H19FN2O/c1-8(5-6-14)12(15)9-3-4-11(16-2)10(13)7-9/h3-4,7-8,12H,5-6,14-15H2,1-2H3. The molecular weight excluding hydrogens is 207 g/mol. The smallest absolute Gasteiger partial charge is 0.165 e.